The van der Waals surface area contributed by atoms with Crippen molar-refractivity contribution in [3.05, 3.63) is 29.6 Å². The Morgan fingerprint density at radius 1 is 1.32 bits per heavy atom. The molecule has 0 spiro atoms. The standard InChI is InChI=1S/C12H14F4N2.ClH/c1-8-7-17-4-5-18(8)11-6-9(12(14,15)16)2-3-10(11)13;/h2-3,6,8,17H,4-5,7H2,1H3;1H. The van der Waals surface area contributed by atoms with E-state index in [0.29, 0.717) is 19.6 Å². The molecule has 19 heavy (non-hydrogen) atoms. The lowest BCUT2D eigenvalue weighted by atomic mass is 10.1. The molecule has 2 rings (SSSR count). The van der Waals surface area contributed by atoms with Crippen LogP contribution in [0.4, 0.5) is 23.2 Å². The second-order valence-corrected chi connectivity index (χ2v) is 4.41. The number of rotatable bonds is 1. The third kappa shape index (κ3) is 3.51. The first kappa shape index (κ1) is 16.0. The number of hydrogen-bond acceptors (Lipinski definition) is 2. The summed E-state index contributed by atoms with van der Waals surface area (Å²) >= 11 is 0. The van der Waals surface area contributed by atoms with Crippen LogP contribution in [0.3, 0.4) is 0 Å². The molecule has 1 fully saturated rings. The highest BCUT2D eigenvalue weighted by Gasteiger charge is 2.32. The maximum absolute atomic E-state index is 13.7. The molecule has 2 nitrogen and oxygen atoms in total. The maximum atomic E-state index is 13.7. The Balaban J connectivity index is 0.00000180. The van der Waals surface area contributed by atoms with E-state index in [0.717, 1.165) is 18.2 Å². The van der Waals surface area contributed by atoms with Crippen LogP contribution in [-0.2, 0) is 6.18 Å². The predicted molar refractivity (Wildman–Crippen MR) is 68.3 cm³/mol. The topological polar surface area (TPSA) is 15.3 Å². The second-order valence-electron chi connectivity index (χ2n) is 4.41. The van der Waals surface area contributed by atoms with E-state index in [1.165, 1.54) is 0 Å². The van der Waals surface area contributed by atoms with Gasteiger partial charge in [-0.15, -0.1) is 12.4 Å². The van der Waals surface area contributed by atoms with Crippen molar-refractivity contribution in [3.63, 3.8) is 0 Å². The first-order valence-corrected chi connectivity index (χ1v) is 5.73. The number of nitrogens with zero attached hydrogens (tertiary/aromatic N) is 1. The van der Waals surface area contributed by atoms with Gasteiger partial charge in [-0.05, 0) is 25.1 Å². The first-order chi connectivity index (χ1) is 8.39. The van der Waals surface area contributed by atoms with Gasteiger partial charge < -0.3 is 10.2 Å². The van der Waals surface area contributed by atoms with Crippen LogP contribution in [0.15, 0.2) is 18.2 Å². The van der Waals surface area contributed by atoms with Gasteiger partial charge in [0.2, 0.25) is 0 Å². The van der Waals surface area contributed by atoms with Crippen LogP contribution in [0.25, 0.3) is 0 Å². The molecule has 0 bridgehead atoms. The van der Waals surface area contributed by atoms with Crippen molar-refractivity contribution < 1.29 is 17.6 Å². The van der Waals surface area contributed by atoms with Crippen LogP contribution in [-0.4, -0.2) is 25.7 Å². The minimum atomic E-state index is -4.44. The second kappa shape index (κ2) is 5.96. The summed E-state index contributed by atoms with van der Waals surface area (Å²) in [6, 6.07) is 2.51. The molecular weight excluding hydrogens is 284 g/mol. The van der Waals surface area contributed by atoms with Crippen LogP contribution in [0.1, 0.15) is 12.5 Å². The van der Waals surface area contributed by atoms with Gasteiger partial charge in [0.25, 0.3) is 0 Å². The highest BCUT2D eigenvalue weighted by Crippen LogP contribution is 2.33. The Bertz CT molecular complexity index is 436. The summed E-state index contributed by atoms with van der Waals surface area (Å²) in [4.78, 5) is 1.67. The van der Waals surface area contributed by atoms with E-state index in [1.54, 1.807) is 4.90 Å². The summed E-state index contributed by atoms with van der Waals surface area (Å²) in [6.07, 6.45) is -4.44. The monoisotopic (exact) mass is 298 g/mol. The van der Waals surface area contributed by atoms with E-state index >= 15 is 0 Å². The first-order valence-electron chi connectivity index (χ1n) is 5.73. The SMILES string of the molecule is CC1CNCCN1c1cc(C(F)(F)F)ccc1F.Cl. The summed E-state index contributed by atoms with van der Waals surface area (Å²) in [6.45, 7) is 3.63. The van der Waals surface area contributed by atoms with Crippen molar-refractivity contribution in [3.8, 4) is 0 Å². The molecule has 1 aromatic rings. The lowest BCUT2D eigenvalue weighted by Crippen LogP contribution is -2.50. The summed E-state index contributed by atoms with van der Waals surface area (Å²) in [7, 11) is 0. The van der Waals surface area contributed by atoms with Gasteiger partial charge in [0.05, 0.1) is 11.3 Å². The zero-order valence-electron chi connectivity index (χ0n) is 10.3. The Kier molecular flexibility index (Phi) is 5.04. The fraction of sp³-hybridized carbons (Fsp3) is 0.500. The predicted octanol–water partition coefficient (Wildman–Crippen LogP) is 3.06. The van der Waals surface area contributed by atoms with Crippen LogP contribution in [0.2, 0.25) is 0 Å². The number of hydrogen-bond donors (Lipinski definition) is 1. The zero-order chi connectivity index (χ0) is 13.3. The largest absolute Gasteiger partial charge is 0.416 e. The summed E-state index contributed by atoms with van der Waals surface area (Å²) < 4.78 is 51.5. The van der Waals surface area contributed by atoms with Gasteiger partial charge in [-0.3, -0.25) is 0 Å². The molecule has 0 aliphatic carbocycles. The van der Waals surface area contributed by atoms with Crippen LogP contribution >= 0.6 is 12.4 Å². The Morgan fingerprint density at radius 2 is 2.00 bits per heavy atom. The molecule has 1 aromatic carbocycles. The molecule has 1 aliphatic heterocycles. The van der Waals surface area contributed by atoms with Crippen molar-refractivity contribution in [1.82, 2.24) is 5.32 Å². The van der Waals surface area contributed by atoms with Crippen molar-refractivity contribution in [2.45, 2.75) is 19.1 Å². The number of alkyl halides is 3. The number of piperazine rings is 1. The lowest BCUT2D eigenvalue weighted by Gasteiger charge is -2.36. The molecule has 0 radical (unpaired) electrons. The van der Waals surface area contributed by atoms with Gasteiger partial charge in [0, 0.05) is 25.7 Å². The molecule has 0 aromatic heterocycles. The molecule has 0 saturated carbocycles. The van der Waals surface area contributed by atoms with Gasteiger partial charge in [0.1, 0.15) is 5.82 Å². The number of benzene rings is 1. The number of halogens is 5. The Hall–Kier alpha value is -1.01. The molecule has 7 heteroatoms. The van der Waals surface area contributed by atoms with Gasteiger partial charge in [-0.2, -0.15) is 13.2 Å². The van der Waals surface area contributed by atoms with Gasteiger partial charge in [-0.1, -0.05) is 0 Å². The molecule has 0 amide bonds. The minimum Gasteiger partial charge on any atom is -0.364 e. The third-order valence-electron chi connectivity index (χ3n) is 3.08. The molecule has 108 valence electrons. The lowest BCUT2D eigenvalue weighted by molar-refractivity contribution is -0.137. The Labute approximate surface area is 115 Å². The fourth-order valence-electron chi connectivity index (χ4n) is 2.11. The Morgan fingerprint density at radius 3 is 2.58 bits per heavy atom. The number of anilines is 1. The van der Waals surface area contributed by atoms with E-state index in [9.17, 15) is 17.6 Å². The van der Waals surface area contributed by atoms with Gasteiger partial charge in [-0.25, -0.2) is 4.39 Å². The van der Waals surface area contributed by atoms with Crippen LogP contribution in [0, 0.1) is 5.82 Å². The normalized spacial score (nSPS) is 20.1. The molecule has 1 N–H and O–H groups in total. The number of nitrogens with one attached hydrogen (secondary N) is 1. The maximum Gasteiger partial charge on any atom is 0.416 e. The van der Waals surface area contributed by atoms with Crippen LogP contribution in [0.5, 0.6) is 0 Å². The van der Waals surface area contributed by atoms with Crippen LogP contribution < -0.4 is 10.2 Å². The fourth-order valence-corrected chi connectivity index (χ4v) is 2.11. The van der Waals surface area contributed by atoms with Crippen molar-refractivity contribution >= 4 is 18.1 Å². The molecular formula is C12H15ClF4N2. The average Bonchev–Trinajstić information content (AvgIpc) is 2.29. The quantitative estimate of drug-likeness (QED) is 0.802. The van der Waals surface area contributed by atoms with E-state index in [1.807, 2.05) is 6.92 Å². The van der Waals surface area contributed by atoms with Crippen molar-refractivity contribution in [2.24, 2.45) is 0 Å². The highest BCUT2D eigenvalue weighted by molar-refractivity contribution is 5.85. The van der Waals surface area contributed by atoms with Gasteiger partial charge >= 0.3 is 6.18 Å². The van der Waals surface area contributed by atoms with Gasteiger partial charge in [0.15, 0.2) is 0 Å². The molecule has 1 heterocycles. The average molecular weight is 299 g/mol. The molecule has 1 aliphatic rings. The molecule has 1 unspecified atom stereocenters. The zero-order valence-corrected chi connectivity index (χ0v) is 11.1. The minimum absolute atomic E-state index is 0. The summed E-state index contributed by atoms with van der Waals surface area (Å²) in [5.41, 5.74) is -0.788. The summed E-state index contributed by atoms with van der Waals surface area (Å²) in [5, 5.41) is 3.11. The molecule has 1 saturated heterocycles. The third-order valence-corrected chi connectivity index (χ3v) is 3.08. The van der Waals surface area contributed by atoms with Crippen molar-refractivity contribution in [2.75, 3.05) is 24.5 Å². The smallest absolute Gasteiger partial charge is 0.364 e. The highest BCUT2D eigenvalue weighted by atomic mass is 35.5. The van der Waals surface area contributed by atoms with E-state index in [-0.39, 0.29) is 24.1 Å². The van der Waals surface area contributed by atoms with E-state index < -0.39 is 17.6 Å². The van der Waals surface area contributed by atoms with E-state index in [4.69, 9.17) is 0 Å². The summed E-state index contributed by atoms with van der Waals surface area (Å²) in [5.74, 6) is -0.614. The van der Waals surface area contributed by atoms with E-state index in [2.05, 4.69) is 5.32 Å². The molecule has 1 atom stereocenters. The van der Waals surface area contributed by atoms with Crippen molar-refractivity contribution in [1.29, 1.82) is 0 Å².